The maximum absolute atomic E-state index is 11.9. The molecular weight excluding hydrogens is 360 g/mol. The van der Waals surface area contributed by atoms with E-state index in [9.17, 15) is 17.8 Å². The molecule has 0 saturated carbocycles. The molecule has 0 unspecified atom stereocenters. The molecular formula is C13H13ClN4O5S. The van der Waals surface area contributed by atoms with Crippen LogP contribution in [-0.4, -0.2) is 29.0 Å². The minimum Gasteiger partial charge on any atom is -0.304 e. The highest BCUT2D eigenvalue weighted by atomic mass is 35.5. The standard InChI is InChI=1S/C13H13ClN4O5S/c1-8-7-9(2)16-12(15-8)17-13(19)23-18(24(20,21)22)11-6-4-3-5-10(11)14/h3-7H,1-2H3,(H,20,21,22)(H,15,16,17,19). The number of amides is 1. The van der Waals surface area contributed by atoms with Gasteiger partial charge in [-0.2, -0.15) is 8.42 Å². The van der Waals surface area contributed by atoms with Gasteiger partial charge in [0, 0.05) is 11.4 Å². The summed E-state index contributed by atoms with van der Waals surface area (Å²) in [5.74, 6) is -0.0769. The Morgan fingerprint density at radius 3 is 2.38 bits per heavy atom. The van der Waals surface area contributed by atoms with Gasteiger partial charge in [0.15, 0.2) is 0 Å². The molecule has 128 valence electrons. The molecule has 0 fully saturated rings. The first-order valence-electron chi connectivity index (χ1n) is 6.50. The highest BCUT2D eigenvalue weighted by Crippen LogP contribution is 2.27. The van der Waals surface area contributed by atoms with Crippen molar-refractivity contribution >= 4 is 39.6 Å². The van der Waals surface area contributed by atoms with E-state index in [4.69, 9.17) is 11.6 Å². The number of aromatic nitrogens is 2. The van der Waals surface area contributed by atoms with Crippen molar-refractivity contribution in [3.63, 3.8) is 0 Å². The molecule has 9 nitrogen and oxygen atoms in total. The van der Waals surface area contributed by atoms with Crippen molar-refractivity contribution in [3.8, 4) is 0 Å². The molecule has 0 aliphatic heterocycles. The van der Waals surface area contributed by atoms with Gasteiger partial charge in [-0.05, 0) is 32.0 Å². The van der Waals surface area contributed by atoms with Crippen molar-refractivity contribution < 1.29 is 22.6 Å². The molecule has 2 aromatic rings. The first-order chi connectivity index (χ1) is 11.2. The third-order valence-electron chi connectivity index (χ3n) is 2.62. The molecule has 0 aliphatic carbocycles. The average Bonchev–Trinajstić information content (AvgIpc) is 2.43. The van der Waals surface area contributed by atoms with Gasteiger partial charge in [0.1, 0.15) is 5.69 Å². The SMILES string of the molecule is Cc1cc(C)nc(NC(=O)ON(c2ccccc2Cl)S(=O)(=O)O)n1. The van der Waals surface area contributed by atoms with Crippen molar-refractivity contribution in [2.75, 3.05) is 9.79 Å². The number of anilines is 2. The smallest absolute Gasteiger partial charge is 0.304 e. The predicted molar refractivity (Wildman–Crippen MR) is 87.1 cm³/mol. The van der Waals surface area contributed by atoms with Gasteiger partial charge in [0.05, 0.1) is 5.02 Å². The molecule has 0 spiro atoms. The van der Waals surface area contributed by atoms with Gasteiger partial charge >= 0.3 is 16.4 Å². The number of aryl methyl sites for hydroxylation is 2. The summed E-state index contributed by atoms with van der Waals surface area (Å²) in [4.78, 5) is 24.5. The lowest BCUT2D eigenvalue weighted by molar-refractivity contribution is 0.164. The lowest BCUT2D eigenvalue weighted by Crippen LogP contribution is -2.35. The molecule has 1 aromatic carbocycles. The van der Waals surface area contributed by atoms with Crippen LogP contribution in [0.1, 0.15) is 11.4 Å². The molecule has 2 rings (SSSR count). The van der Waals surface area contributed by atoms with Crippen LogP contribution in [-0.2, 0) is 15.1 Å². The van der Waals surface area contributed by atoms with Crippen LogP contribution in [0.15, 0.2) is 30.3 Å². The van der Waals surface area contributed by atoms with Crippen molar-refractivity contribution in [1.29, 1.82) is 0 Å². The van der Waals surface area contributed by atoms with Gasteiger partial charge in [0.2, 0.25) is 5.95 Å². The molecule has 24 heavy (non-hydrogen) atoms. The van der Waals surface area contributed by atoms with Gasteiger partial charge in [0.25, 0.3) is 0 Å². The fraction of sp³-hybridized carbons (Fsp3) is 0.154. The molecule has 0 bridgehead atoms. The number of carbonyl (C=O) groups is 1. The molecule has 1 amide bonds. The minimum atomic E-state index is -4.92. The van der Waals surface area contributed by atoms with E-state index in [-0.39, 0.29) is 21.1 Å². The molecule has 1 heterocycles. The third-order valence-corrected chi connectivity index (χ3v) is 3.63. The van der Waals surface area contributed by atoms with Crippen LogP contribution in [0.5, 0.6) is 0 Å². The molecule has 0 saturated heterocycles. The van der Waals surface area contributed by atoms with Gasteiger partial charge in [-0.25, -0.2) is 14.8 Å². The molecule has 0 aliphatic rings. The Balaban J connectivity index is 2.24. The Kier molecular flexibility index (Phi) is 5.22. The van der Waals surface area contributed by atoms with E-state index >= 15 is 0 Å². The monoisotopic (exact) mass is 372 g/mol. The van der Waals surface area contributed by atoms with Gasteiger partial charge in [-0.15, -0.1) is 0 Å². The lowest BCUT2D eigenvalue weighted by atomic mass is 10.3. The number of carbonyl (C=O) groups excluding carboxylic acids is 1. The molecule has 0 radical (unpaired) electrons. The summed E-state index contributed by atoms with van der Waals surface area (Å²) in [6.07, 6.45) is -1.22. The van der Waals surface area contributed by atoms with E-state index in [0.717, 1.165) is 0 Å². The molecule has 1 aromatic heterocycles. The first kappa shape index (κ1) is 17.9. The summed E-state index contributed by atoms with van der Waals surface area (Å²) in [5, 5.41) is 2.12. The van der Waals surface area contributed by atoms with Crippen LogP contribution >= 0.6 is 11.6 Å². The Labute approximate surface area is 143 Å². The largest absolute Gasteiger partial charge is 0.439 e. The first-order valence-corrected chi connectivity index (χ1v) is 8.28. The quantitative estimate of drug-likeness (QED) is 0.624. The van der Waals surface area contributed by atoms with Crippen molar-refractivity contribution in [2.24, 2.45) is 0 Å². The zero-order valence-electron chi connectivity index (χ0n) is 12.6. The number of para-hydroxylation sites is 1. The van der Waals surface area contributed by atoms with E-state index in [2.05, 4.69) is 20.1 Å². The summed E-state index contributed by atoms with van der Waals surface area (Å²) < 4.78 is 32.2. The van der Waals surface area contributed by atoms with Crippen LogP contribution in [0, 0.1) is 13.8 Å². The Morgan fingerprint density at radius 2 is 1.83 bits per heavy atom. The number of hydrogen-bond donors (Lipinski definition) is 2. The number of hydrogen-bond acceptors (Lipinski definition) is 6. The second kappa shape index (κ2) is 6.99. The van der Waals surface area contributed by atoms with Gasteiger partial charge in [-0.3, -0.25) is 9.87 Å². The van der Waals surface area contributed by atoms with Crippen LogP contribution in [0.25, 0.3) is 0 Å². The highest BCUT2D eigenvalue weighted by molar-refractivity contribution is 7.87. The topological polar surface area (TPSA) is 122 Å². The average molecular weight is 373 g/mol. The number of nitrogens with zero attached hydrogens (tertiary/aromatic N) is 3. The Hall–Kier alpha value is -2.43. The van der Waals surface area contributed by atoms with E-state index in [1.807, 2.05) is 0 Å². The van der Waals surface area contributed by atoms with E-state index < -0.39 is 16.4 Å². The summed E-state index contributed by atoms with van der Waals surface area (Å²) in [5.41, 5.74) is 0.948. The van der Waals surface area contributed by atoms with Crippen molar-refractivity contribution in [1.82, 2.24) is 9.97 Å². The molecule has 2 N–H and O–H groups in total. The van der Waals surface area contributed by atoms with E-state index in [1.54, 1.807) is 19.9 Å². The van der Waals surface area contributed by atoms with Crippen molar-refractivity contribution in [3.05, 3.63) is 46.7 Å². The van der Waals surface area contributed by atoms with Gasteiger partial charge < -0.3 is 4.84 Å². The van der Waals surface area contributed by atoms with E-state index in [1.165, 1.54) is 24.3 Å². The third kappa shape index (κ3) is 4.54. The van der Waals surface area contributed by atoms with Crippen LogP contribution in [0.4, 0.5) is 16.4 Å². The van der Waals surface area contributed by atoms with E-state index in [0.29, 0.717) is 11.4 Å². The number of rotatable bonds is 4. The lowest BCUT2D eigenvalue weighted by Gasteiger charge is -2.19. The van der Waals surface area contributed by atoms with Crippen molar-refractivity contribution in [2.45, 2.75) is 13.8 Å². The summed E-state index contributed by atoms with van der Waals surface area (Å²) in [6.45, 7) is 3.39. The predicted octanol–water partition coefficient (Wildman–Crippen LogP) is 2.52. The Morgan fingerprint density at radius 1 is 1.25 bits per heavy atom. The maximum Gasteiger partial charge on any atom is 0.439 e. The zero-order valence-corrected chi connectivity index (χ0v) is 14.2. The van der Waals surface area contributed by atoms with Crippen LogP contribution in [0.2, 0.25) is 5.02 Å². The fourth-order valence-electron chi connectivity index (χ4n) is 1.79. The summed E-state index contributed by atoms with van der Waals surface area (Å²) in [7, 11) is -4.92. The summed E-state index contributed by atoms with van der Waals surface area (Å²) in [6, 6.07) is 7.29. The minimum absolute atomic E-state index is 0.00663. The van der Waals surface area contributed by atoms with Gasteiger partial charge in [-0.1, -0.05) is 28.2 Å². The Bertz CT molecular complexity index is 854. The van der Waals surface area contributed by atoms with Crippen LogP contribution < -0.4 is 9.79 Å². The molecule has 11 heteroatoms. The maximum atomic E-state index is 11.9. The zero-order chi connectivity index (χ0) is 17.9. The summed E-state index contributed by atoms with van der Waals surface area (Å²) >= 11 is 5.86. The second-order valence-electron chi connectivity index (χ2n) is 4.63. The normalized spacial score (nSPS) is 11.0. The number of benzene rings is 1. The highest BCUT2D eigenvalue weighted by Gasteiger charge is 2.27. The fourth-order valence-corrected chi connectivity index (χ4v) is 2.62. The molecule has 0 atom stereocenters. The second-order valence-corrected chi connectivity index (χ2v) is 6.27. The van der Waals surface area contributed by atoms with Crippen LogP contribution in [0.3, 0.4) is 0 Å². The number of halogens is 1. The number of nitrogens with one attached hydrogen (secondary N) is 1.